The average molecular weight is 224 g/mol. The summed E-state index contributed by atoms with van der Waals surface area (Å²) in [6.45, 7) is 19.4. The van der Waals surface area contributed by atoms with Gasteiger partial charge >= 0.3 is 6.98 Å². The van der Waals surface area contributed by atoms with Gasteiger partial charge in [0.2, 0.25) is 0 Å². The van der Waals surface area contributed by atoms with E-state index in [2.05, 4.69) is 58.1 Å². The van der Waals surface area contributed by atoms with Crippen molar-refractivity contribution < 1.29 is 0 Å². The van der Waals surface area contributed by atoms with E-state index in [0.29, 0.717) is 18.1 Å². The minimum atomic E-state index is 0.292. The van der Waals surface area contributed by atoms with E-state index in [1.807, 2.05) is 0 Å². The molecule has 1 aliphatic rings. The molecule has 2 nitrogen and oxygen atoms in total. The van der Waals surface area contributed by atoms with Crippen molar-refractivity contribution in [1.29, 1.82) is 0 Å². The predicted octanol–water partition coefficient (Wildman–Crippen LogP) is 3.10. The third-order valence-electron chi connectivity index (χ3n) is 3.57. The number of hydrogen-bond donors (Lipinski definition) is 0. The van der Waals surface area contributed by atoms with Crippen LogP contribution in [0.25, 0.3) is 0 Å². The smallest absolute Gasteiger partial charge is 0.311 e. The Bertz CT molecular complexity index is 205. The van der Waals surface area contributed by atoms with Gasteiger partial charge in [0.25, 0.3) is 0 Å². The highest BCUT2D eigenvalue weighted by Crippen LogP contribution is 2.29. The van der Waals surface area contributed by atoms with Gasteiger partial charge in [-0.2, -0.15) is 0 Å². The van der Waals surface area contributed by atoms with Gasteiger partial charge in [0.15, 0.2) is 0 Å². The molecule has 0 unspecified atom stereocenters. The van der Waals surface area contributed by atoms with E-state index in [1.54, 1.807) is 0 Å². The minimum Gasteiger partial charge on any atom is -0.322 e. The van der Waals surface area contributed by atoms with Crippen molar-refractivity contribution in [2.45, 2.75) is 72.3 Å². The lowest BCUT2D eigenvalue weighted by Gasteiger charge is -2.41. The summed E-state index contributed by atoms with van der Waals surface area (Å²) in [4.78, 5) is 5.34. The quantitative estimate of drug-likeness (QED) is 0.665. The Morgan fingerprint density at radius 3 is 1.50 bits per heavy atom. The van der Waals surface area contributed by atoms with Crippen molar-refractivity contribution in [3.8, 4) is 0 Å². The van der Waals surface area contributed by atoms with Crippen molar-refractivity contribution in [2.75, 3.05) is 13.1 Å². The van der Waals surface area contributed by atoms with E-state index in [9.17, 15) is 0 Å². The fourth-order valence-corrected chi connectivity index (χ4v) is 2.82. The lowest BCUT2D eigenvalue weighted by Crippen LogP contribution is -2.56. The fourth-order valence-electron chi connectivity index (χ4n) is 2.82. The lowest BCUT2D eigenvalue weighted by atomic mass is 9.64. The summed E-state index contributed by atoms with van der Waals surface area (Å²) in [6, 6.07) is 0. The molecular formula is C13H29BN2. The van der Waals surface area contributed by atoms with Gasteiger partial charge in [0.1, 0.15) is 0 Å². The van der Waals surface area contributed by atoms with Crippen molar-refractivity contribution in [2.24, 2.45) is 0 Å². The van der Waals surface area contributed by atoms with Crippen LogP contribution >= 0.6 is 0 Å². The molecule has 0 aromatic rings. The summed E-state index contributed by atoms with van der Waals surface area (Å²) in [5.74, 6) is 0. The molecule has 1 rings (SSSR count). The van der Waals surface area contributed by atoms with Crippen molar-refractivity contribution in [3.63, 3.8) is 0 Å². The molecule has 0 bridgehead atoms. The van der Waals surface area contributed by atoms with Gasteiger partial charge in [-0.05, 0) is 47.9 Å². The monoisotopic (exact) mass is 224 g/mol. The van der Waals surface area contributed by atoms with Gasteiger partial charge in [-0.15, -0.1) is 0 Å². The fraction of sp³-hybridized carbons (Fsp3) is 1.00. The first-order valence-corrected chi connectivity index (χ1v) is 6.71. The maximum atomic E-state index is 2.67. The lowest BCUT2D eigenvalue weighted by molar-refractivity contribution is 0.265. The van der Waals surface area contributed by atoms with Crippen molar-refractivity contribution >= 4 is 6.98 Å². The molecule has 3 heteroatoms. The van der Waals surface area contributed by atoms with E-state index in [1.165, 1.54) is 25.8 Å². The highest BCUT2D eigenvalue weighted by Gasteiger charge is 2.44. The number of nitrogens with zero attached hydrogens (tertiary/aromatic N) is 2. The first kappa shape index (κ1) is 14.0. The molecule has 1 saturated heterocycles. The Kier molecular flexibility index (Phi) is 4.12. The standard InChI is InChI=1S/C13H29BN2/c1-8-9-14-15(12(2,3)4)10-11-16(14)13(5,6)7/h8-11H2,1-7H3. The summed E-state index contributed by atoms with van der Waals surface area (Å²) in [7, 11) is 0. The third-order valence-corrected chi connectivity index (χ3v) is 3.57. The molecule has 0 N–H and O–H groups in total. The van der Waals surface area contributed by atoms with Crippen LogP contribution in [-0.2, 0) is 0 Å². The zero-order valence-corrected chi connectivity index (χ0v) is 12.3. The molecule has 0 saturated carbocycles. The van der Waals surface area contributed by atoms with Crippen LogP contribution in [0.1, 0.15) is 54.9 Å². The molecule has 1 fully saturated rings. The third kappa shape index (κ3) is 3.01. The zero-order chi connectivity index (χ0) is 12.6. The topological polar surface area (TPSA) is 6.48 Å². The number of hydrogen-bond acceptors (Lipinski definition) is 2. The summed E-state index contributed by atoms with van der Waals surface area (Å²) >= 11 is 0. The van der Waals surface area contributed by atoms with Crippen LogP contribution in [-0.4, -0.2) is 40.8 Å². The van der Waals surface area contributed by atoms with Gasteiger partial charge in [-0.25, -0.2) is 0 Å². The molecule has 0 aromatic heterocycles. The Balaban J connectivity index is 2.85. The largest absolute Gasteiger partial charge is 0.322 e. The van der Waals surface area contributed by atoms with E-state index in [4.69, 9.17) is 0 Å². The second-order valence-corrected chi connectivity index (χ2v) is 7.00. The summed E-state index contributed by atoms with van der Waals surface area (Å²) in [6.07, 6.45) is 2.55. The van der Waals surface area contributed by atoms with Crippen LogP contribution in [0.4, 0.5) is 0 Å². The van der Waals surface area contributed by atoms with E-state index < -0.39 is 0 Å². The van der Waals surface area contributed by atoms with Gasteiger partial charge in [0, 0.05) is 24.2 Å². The van der Waals surface area contributed by atoms with Crippen LogP contribution in [0.5, 0.6) is 0 Å². The Morgan fingerprint density at radius 1 is 0.875 bits per heavy atom. The van der Waals surface area contributed by atoms with E-state index in [-0.39, 0.29) is 0 Å². The zero-order valence-electron chi connectivity index (χ0n) is 12.3. The molecule has 0 aliphatic carbocycles. The minimum absolute atomic E-state index is 0.292. The van der Waals surface area contributed by atoms with Crippen LogP contribution in [0.15, 0.2) is 0 Å². The van der Waals surface area contributed by atoms with Gasteiger partial charge in [0.05, 0.1) is 0 Å². The predicted molar refractivity (Wildman–Crippen MR) is 73.8 cm³/mol. The molecule has 0 aromatic carbocycles. The number of rotatable bonds is 2. The normalized spacial score (nSPS) is 20.8. The molecular weight excluding hydrogens is 195 g/mol. The molecule has 0 radical (unpaired) electrons. The molecule has 0 spiro atoms. The molecule has 1 heterocycles. The van der Waals surface area contributed by atoms with E-state index >= 15 is 0 Å². The molecule has 0 atom stereocenters. The van der Waals surface area contributed by atoms with Crippen molar-refractivity contribution in [3.05, 3.63) is 0 Å². The Labute approximate surface area is 103 Å². The SMILES string of the molecule is CCCB1N(C(C)(C)C)CCN1C(C)(C)C. The molecule has 94 valence electrons. The average Bonchev–Trinajstić information content (AvgIpc) is 2.46. The van der Waals surface area contributed by atoms with Crippen LogP contribution in [0.3, 0.4) is 0 Å². The molecule has 0 amide bonds. The van der Waals surface area contributed by atoms with Gasteiger partial charge < -0.3 is 9.62 Å². The first-order valence-electron chi connectivity index (χ1n) is 6.71. The second kappa shape index (κ2) is 4.69. The Hall–Kier alpha value is -0.0151. The van der Waals surface area contributed by atoms with Gasteiger partial charge in [-0.1, -0.05) is 13.3 Å². The van der Waals surface area contributed by atoms with E-state index in [0.717, 1.165) is 0 Å². The summed E-state index contributed by atoms with van der Waals surface area (Å²) in [5, 5.41) is 0. The maximum absolute atomic E-state index is 2.67. The van der Waals surface area contributed by atoms with Crippen LogP contribution < -0.4 is 0 Å². The summed E-state index contributed by atoms with van der Waals surface area (Å²) < 4.78 is 0. The highest BCUT2D eigenvalue weighted by atomic mass is 15.3. The molecule has 16 heavy (non-hydrogen) atoms. The maximum Gasteiger partial charge on any atom is 0.311 e. The summed E-state index contributed by atoms with van der Waals surface area (Å²) in [5.41, 5.74) is 0.583. The van der Waals surface area contributed by atoms with Crippen LogP contribution in [0, 0.1) is 0 Å². The highest BCUT2D eigenvalue weighted by molar-refractivity contribution is 6.53. The molecule has 1 aliphatic heterocycles. The second-order valence-electron chi connectivity index (χ2n) is 7.00. The van der Waals surface area contributed by atoms with Gasteiger partial charge in [-0.3, -0.25) is 0 Å². The Morgan fingerprint density at radius 2 is 1.25 bits per heavy atom. The van der Waals surface area contributed by atoms with Crippen molar-refractivity contribution in [1.82, 2.24) is 9.62 Å². The first-order chi connectivity index (χ1) is 7.18. The van der Waals surface area contributed by atoms with Crippen LogP contribution in [0.2, 0.25) is 6.32 Å².